The van der Waals surface area contributed by atoms with Crippen molar-refractivity contribution in [2.45, 2.75) is 0 Å². The van der Waals surface area contributed by atoms with Crippen LogP contribution in [0, 0.1) is 0 Å². The van der Waals surface area contributed by atoms with E-state index in [1.807, 2.05) is 35.7 Å². The third-order valence-electron chi connectivity index (χ3n) is 3.48. The standard InChI is InChI=1S/C18H16N2O4S2.H2S/c1-20(18-19-14(11-25-18)12-5-3-2-4-6-12)26-24-10-17(23)13-7-8-15(21)16(22)9-13;/h2-9,11,21-22H,10H2,1H3;1H2. The quantitative estimate of drug-likeness (QED) is 0.255. The van der Waals surface area contributed by atoms with E-state index in [2.05, 4.69) is 4.98 Å². The monoisotopic (exact) mass is 422 g/mol. The lowest BCUT2D eigenvalue weighted by Gasteiger charge is -2.12. The molecule has 0 saturated heterocycles. The summed E-state index contributed by atoms with van der Waals surface area (Å²) in [6.45, 7) is -0.170. The Morgan fingerprint density at radius 1 is 1.19 bits per heavy atom. The molecular formula is C18H18N2O4S3. The van der Waals surface area contributed by atoms with E-state index in [1.54, 1.807) is 11.4 Å². The van der Waals surface area contributed by atoms with Crippen molar-refractivity contribution in [3.63, 3.8) is 0 Å². The maximum Gasteiger partial charge on any atom is 0.197 e. The van der Waals surface area contributed by atoms with Crippen LogP contribution in [0.25, 0.3) is 11.3 Å². The number of benzene rings is 2. The zero-order valence-electron chi connectivity index (χ0n) is 14.3. The lowest BCUT2D eigenvalue weighted by atomic mass is 10.1. The molecule has 3 rings (SSSR count). The van der Waals surface area contributed by atoms with Crippen molar-refractivity contribution < 1.29 is 19.2 Å². The second-order valence-electron chi connectivity index (χ2n) is 5.34. The summed E-state index contributed by atoms with van der Waals surface area (Å²) in [7, 11) is 1.80. The maximum atomic E-state index is 12.1. The number of aromatic nitrogens is 1. The molecule has 2 N–H and O–H groups in total. The first-order valence-corrected chi connectivity index (χ1v) is 9.22. The van der Waals surface area contributed by atoms with Gasteiger partial charge in [0.15, 0.2) is 22.4 Å². The molecule has 1 heterocycles. The maximum absolute atomic E-state index is 12.1. The average Bonchev–Trinajstić information content (AvgIpc) is 3.15. The molecule has 2 aromatic carbocycles. The molecule has 0 aliphatic heterocycles. The van der Waals surface area contributed by atoms with Crippen molar-refractivity contribution in [1.82, 2.24) is 4.98 Å². The number of Topliss-reactive ketones (excluding diaryl/α,β-unsaturated/α-hetero) is 1. The van der Waals surface area contributed by atoms with Gasteiger partial charge in [-0.2, -0.15) is 13.5 Å². The van der Waals surface area contributed by atoms with Crippen molar-refractivity contribution in [2.75, 3.05) is 18.0 Å². The Hall–Kier alpha value is -2.20. The van der Waals surface area contributed by atoms with Crippen LogP contribution in [0.1, 0.15) is 10.4 Å². The van der Waals surface area contributed by atoms with Gasteiger partial charge in [0.1, 0.15) is 18.8 Å². The van der Waals surface area contributed by atoms with Crippen LogP contribution in [0.4, 0.5) is 5.13 Å². The minimum atomic E-state index is -0.336. The molecule has 0 bridgehead atoms. The van der Waals surface area contributed by atoms with Crippen LogP contribution in [-0.2, 0) is 4.18 Å². The Morgan fingerprint density at radius 3 is 2.63 bits per heavy atom. The molecule has 1 aromatic heterocycles. The molecule has 3 aromatic rings. The zero-order valence-corrected chi connectivity index (χ0v) is 17.0. The molecule has 6 nitrogen and oxygen atoms in total. The topological polar surface area (TPSA) is 82.9 Å². The Morgan fingerprint density at radius 2 is 1.93 bits per heavy atom. The van der Waals surface area contributed by atoms with E-state index in [0.29, 0.717) is 0 Å². The summed E-state index contributed by atoms with van der Waals surface area (Å²) < 4.78 is 7.10. The Kier molecular flexibility index (Phi) is 7.55. The second-order valence-corrected chi connectivity index (χ2v) is 7.11. The van der Waals surface area contributed by atoms with Gasteiger partial charge in [-0.15, -0.1) is 11.3 Å². The van der Waals surface area contributed by atoms with Crippen LogP contribution in [0.5, 0.6) is 11.5 Å². The Labute approximate surface area is 172 Å². The van der Waals surface area contributed by atoms with Gasteiger partial charge in [0.25, 0.3) is 0 Å². The zero-order chi connectivity index (χ0) is 18.5. The SMILES string of the molecule is CN(SOCC(=O)c1ccc(O)c(O)c1)c1nc(-c2ccccc2)cs1.S. The molecule has 0 radical (unpaired) electrons. The first kappa shape index (κ1) is 21.1. The molecule has 0 aliphatic carbocycles. The molecule has 0 amide bonds. The van der Waals surface area contributed by atoms with Gasteiger partial charge >= 0.3 is 0 Å². The summed E-state index contributed by atoms with van der Waals surface area (Å²) in [6, 6.07) is 13.8. The van der Waals surface area contributed by atoms with Gasteiger partial charge in [-0.1, -0.05) is 30.3 Å². The number of hydrogen-bond donors (Lipinski definition) is 2. The fraction of sp³-hybridized carbons (Fsp3) is 0.111. The van der Waals surface area contributed by atoms with Crippen molar-refractivity contribution in [3.05, 3.63) is 59.5 Å². The predicted octanol–water partition coefficient (Wildman–Crippen LogP) is 4.23. The number of thiazole rings is 1. The summed E-state index contributed by atoms with van der Waals surface area (Å²) >= 11 is 2.50. The minimum absolute atomic E-state index is 0. The summed E-state index contributed by atoms with van der Waals surface area (Å²) in [5.74, 6) is -0.906. The Bertz CT molecular complexity index is 903. The minimum Gasteiger partial charge on any atom is -0.504 e. The molecule has 0 atom stereocenters. The van der Waals surface area contributed by atoms with Crippen molar-refractivity contribution in [1.29, 1.82) is 0 Å². The van der Waals surface area contributed by atoms with Crippen LogP contribution in [0.3, 0.4) is 0 Å². The highest BCUT2D eigenvalue weighted by Gasteiger charge is 2.13. The fourth-order valence-corrected chi connectivity index (χ4v) is 3.47. The average molecular weight is 423 g/mol. The summed E-state index contributed by atoms with van der Waals surface area (Å²) in [6.07, 6.45) is 0. The lowest BCUT2D eigenvalue weighted by Crippen LogP contribution is -2.11. The number of anilines is 1. The lowest BCUT2D eigenvalue weighted by molar-refractivity contribution is 0.0934. The van der Waals surface area contributed by atoms with E-state index in [4.69, 9.17) is 4.18 Å². The van der Waals surface area contributed by atoms with Gasteiger partial charge in [0.2, 0.25) is 0 Å². The van der Waals surface area contributed by atoms with Gasteiger partial charge < -0.3 is 10.2 Å². The largest absolute Gasteiger partial charge is 0.504 e. The molecule has 0 spiro atoms. The molecule has 142 valence electrons. The molecule has 9 heteroatoms. The Balaban J connectivity index is 0.00000261. The van der Waals surface area contributed by atoms with Crippen molar-refractivity contribution in [3.8, 4) is 22.8 Å². The first-order valence-electron chi connectivity index (χ1n) is 7.64. The molecule has 0 unspecified atom stereocenters. The number of rotatable bonds is 7. The number of ketones is 1. The predicted molar refractivity (Wildman–Crippen MR) is 114 cm³/mol. The highest BCUT2D eigenvalue weighted by molar-refractivity contribution is 7.96. The number of carbonyl (C=O) groups is 1. The van der Waals surface area contributed by atoms with Crippen LogP contribution in [0.2, 0.25) is 0 Å². The van der Waals surface area contributed by atoms with Crippen molar-refractivity contribution in [2.24, 2.45) is 0 Å². The van der Waals surface area contributed by atoms with Crippen LogP contribution < -0.4 is 4.31 Å². The van der Waals surface area contributed by atoms with E-state index in [1.165, 1.54) is 29.5 Å². The number of aromatic hydroxyl groups is 2. The summed E-state index contributed by atoms with van der Waals surface area (Å²) in [5.41, 5.74) is 2.19. The molecule has 0 aliphatic rings. The number of phenols is 2. The number of carbonyl (C=O) groups excluding carboxylic acids is 1. The van der Waals surface area contributed by atoms with Crippen LogP contribution in [-0.4, -0.2) is 34.6 Å². The highest BCUT2D eigenvalue weighted by Crippen LogP contribution is 2.30. The first-order chi connectivity index (χ1) is 12.5. The van der Waals surface area contributed by atoms with Crippen LogP contribution >= 0.6 is 37.1 Å². The van der Waals surface area contributed by atoms with E-state index in [9.17, 15) is 15.0 Å². The highest BCUT2D eigenvalue weighted by atomic mass is 32.2. The van der Waals surface area contributed by atoms with Crippen LogP contribution in [0.15, 0.2) is 53.9 Å². The normalized spacial score (nSPS) is 10.3. The third-order valence-corrected chi connectivity index (χ3v) is 5.14. The van der Waals surface area contributed by atoms with E-state index in [0.717, 1.165) is 28.6 Å². The summed E-state index contributed by atoms with van der Waals surface area (Å²) in [5, 5.41) is 21.4. The summed E-state index contributed by atoms with van der Waals surface area (Å²) in [4.78, 5) is 16.6. The number of nitrogens with zero attached hydrogens (tertiary/aromatic N) is 2. The van der Waals surface area contributed by atoms with Gasteiger partial charge in [-0.25, -0.2) is 4.98 Å². The smallest absolute Gasteiger partial charge is 0.197 e. The van der Waals surface area contributed by atoms with Gasteiger partial charge in [-0.05, 0) is 18.2 Å². The third kappa shape index (κ3) is 5.39. The fourth-order valence-electron chi connectivity index (χ4n) is 2.12. The number of phenolic OH excluding ortho intramolecular Hbond substituents is 2. The molecular weight excluding hydrogens is 404 g/mol. The molecule has 27 heavy (non-hydrogen) atoms. The van der Waals surface area contributed by atoms with Gasteiger partial charge in [-0.3, -0.25) is 13.3 Å². The second kappa shape index (κ2) is 9.65. The van der Waals surface area contributed by atoms with E-state index >= 15 is 0 Å². The molecule has 0 saturated carbocycles. The van der Waals surface area contributed by atoms with E-state index < -0.39 is 0 Å². The van der Waals surface area contributed by atoms with Gasteiger partial charge in [0, 0.05) is 23.6 Å². The van der Waals surface area contributed by atoms with E-state index in [-0.39, 0.29) is 42.9 Å². The number of hydrogen-bond acceptors (Lipinski definition) is 8. The molecule has 0 fully saturated rings. The van der Waals surface area contributed by atoms with Crippen molar-refractivity contribution >= 4 is 48.0 Å². The van der Waals surface area contributed by atoms with Gasteiger partial charge in [0.05, 0.1) is 5.69 Å².